The molecule has 2 aromatic carbocycles. The maximum atomic E-state index is 11.7. The van der Waals surface area contributed by atoms with Gasteiger partial charge in [0.15, 0.2) is 17.3 Å². The number of alkyl halides is 3. The highest BCUT2D eigenvalue weighted by Gasteiger charge is 2.42. The summed E-state index contributed by atoms with van der Waals surface area (Å²) in [5.74, 6) is 0.752. The maximum absolute atomic E-state index is 11.7. The molecule has 1 aliphatic rings. The van der Waals surface area contributed by atoms with Gasteiger partial charge >= 0.3 is 6.18 Å². The standard InChI is InChI=1S/C14H16O.C13H16O.C8H11F3O/c1-10(2)8-14(15)13-9-12(13)11-6-4-3-5-7-11;1-11(2)10-13(14)9-8-12-6-4-3-5-7-12;1-6(2)5-7(12)3-4-8(9,10)11/h3-8,12-13H,9H2,1-2H3;3-7,10H,8-9H2,1-2H3;5H,3-4H2,1-2H3. The summed E-state index contributed by atoms with van der Waals surface area (Å²) >= 11 is 0. The Morgan fingerprint density at radius 1 is 0.707 bits per heavy atom. The molecule has 1 fully saturated rings. The number of ketones is 3. The zero-order chi connectivity index (χ0) is 31.0. The summed E-state index contributed by atoms with van der Waals surface area (Å²) in [6.45, 7) is 11.2. The number of hydrogen-bond donors (Lipinski definition) is 0. The fourth-order valence-corrected chi connectivity index (χ4v) is 3.94. The molecule has 0 saturated heterocycles. The molecule has 0 bridgehead atoms. The first-order valence-electron chi connectivity index (χ1n) is 13.9. The first-order chi connectivity index (χ1) is 19.2. The molecular weight excluding hydrogens is 525 g/mol. The van der Waals surface area contributed by atoms with Gasteiger partial charge in [0.05, 0.1) is 6.42 Å². The third-order valence-electron chi connectivity index (χ3n) is 5.87. The van der Waals surface area contributed by atoms with Crippen LogP contribution in [0.3, 0.4) is 0 Å². The summed E-state index contributed by atoms with van der Waals surface area (Å²) in [6, 6.07) is 20.4. The summed E-state index contributed by atoms with van der Waals surface area (Å²) < 4.78 is 34.7. The van der Waals surface area contributed by atoms with Gasteiger partial charge in [0.25, 0.3) is 0 Å². The highest BCUT2D eigenvalue weighted by Crippen LogP contribution is 2.48. The van der Waals surface area contributed by atoms with Gasteiger partial charge in [-0.3, -0.25) is 14.4 Å². The van der Waals surface area contributed by atoms with Crippen LogP contribution in [0.5, 0.6) is 0 Å². The van der Waals surface area contributed by atoms with Gasteiger partial charge in [-0.25, -0.2) is 0 Å². The van der Waals surface area contributed by atoms with Gasteiger partial charge in [-0.05, 0) is 89.7 Å². The lowest BCUT2D eigenvalue weighted by Gasteiger charge is -2.02. The van der Waals surface area contributed by atoms with E-state index in [9.17, 15) is 27.6 Å². The van der Waals surface area contributed by atoms with E-state index in [1.165, 1.54) is 17.2 Å². The third-order valence-corrected chi connectivity index (χ3v) is 5.87. The topological polar surface area (TPSA) is 51.2 Å². The van der Waals surface area contributed by atoms with Crippen LogP contribution in [0.4, 0.5) is 13.2 Å². The quantitative estimate of drug-likeness (QED) is 0.268. The fraction of sp³-hybridized carbons (Fsp3) is 0.400. The monoisotopic (exact) mass is 568 g/mol. The van der Waals surface area contributed by atoms with Gasteiger partial charge in [-0.15, -0.1) is 0 Å². The Hall–Kier alpha value is -3.54. The van der Waals surface area contributed by atoms with E-state index in [0.717, 1.165) is 29.6 Å². The zero-order valence-corrected chi connectivity index (χ0v) is 25.1. The van der Waals surface area contributed by atoms with Crippen LogP contribution < -0.4 is 0 Å². The number of benzene rings is 2. The SMILES string of the molecule is CC(C)=CC(=O)C1CC1c1ccccc1.CC(C)=CC(=O)CCC(F)(F)F.CC(C)=CC(=O)CCc1ccccc1. The Balaban J connectivity index is 0.000000310. The summed E-state index contributed by atoms with van der Waals surface area (Å²) in [6.07, 6.45) is 1.46. The van der Waals surface area contributed by atoms with Crippen molar-refractivity contribution in [1.29, 1.82) is 0 Å². The molecule has 0 aromatic heterocycles. The molecule has 2 atom stereocenters. The molecule has 41 heavy (non-hydrogen) atoms. The predicted molar refractivity (Wildman–Crippen MR) is 161 cm³/mol. The van der Waals surface area contributed by atoms with E-state index >= 15 is 0 Å². The molecule has 3 nitrogen and oxygen atoms in total. The van der Waals surface area contributed by atoms with Crippen LogP contribution in [0.1, 0.15) is 84.3 Å². The van der Waals surface area contributed by atoms with Gasteiger partial charge in [-0.2, -0.15) is 13.2 Å². The van der Waals surface area contributed by atoms with Crippen LogP contribution in [-0.4, -0.2) is 23.5 Å². The molecule has 0 amide bonds. The van der Waals surface area contributed by atoms with Crippen LogP contribution in [0.2, 0.25) is 0 Å². The average Bonchev–Trinajstić information content (AvgIpc) is 3.68. The van der Waals surface area contributed by atoms with Gasteiger partial charge in [0.1, 0.15) is 0 Å². The van der Waals surface area contributed by atoms with Gasteiger partial charge in [0, 0.05) is 18.8 Å². The number of aryl methyl sites for hydroxylation is 1. The summed E-state index contributed by atoms with van der Waals surface area (Å²) in [7, 11) is 0. The van der Waals surface area contributed by atoms with Crippen molar-refractivity contribution in [3.8, 4) is 0 Å². The molecule has 2 aromatic rings. The van der Waals surface area contributed by atoms with E-state index in [4.69, 9.17) is 0 Å². The minimum Gasteiger partial charge on any atom is -0.295 e. The molecule has 0 aliphatic heterocycles. The number of rotatable bonds is 10. The number of carbonyl (C=O) groups excluding carboxylic acids is 3. The molecular formula is C35H43F3O3. The molecule has 6 heteroatoms. The van der Waals surface area contributed by atoms with Crippen molar-refractivity contribution in [2.75, 3.05) is 0 Å². The van der Waals surface area contributed by atoms with E-state index in [-0.39, 0.29) is 11.7 Å². The molecule has 0 spiro atoms. The summed E-state index contributed by atoms with van der Waals surface area (Å²) in [5, 5.41) is 0. The second kappa shape index (κ2) is 18.0. The lowest BCUT2D eigenvalue weighted by molar-refractivity contribution is -0.141. The van der Waals surface area contributed by atoms with E-state index in [0.29, 0.717) is 18.1 Å². The molecule has 1 aliphatic carbocycles. The highest BCUT2D eigenvalue weighted by atomic mass is 19.4. The Morgan fingerprint density at radius 2 is 1.17 bits per heavy atom. The average molecular weight is 569 g/mol. The van der Waals surface area contributed by atoms with Crippen molar-refractivity contribution in [1.82, 2.24) is 0 Å². The van der Waals surface area contributed by atoms with Crippen molar-refractivity contribution < 1.29 is 27.6 Å². The molecule has 222 valence electrons. The van der Waals surface area contributed by atoms with E-state index in [1.807, 2.05) is 64.1 Å². The van der Waals surface area contributed by atoms with E-state index in [1.54, 1.807) is 26.0 Å². The van der Waals surface area contributed by atoms with Crippen LogP contribution >= 0.6 is 0 Å². The van der Waals surface area contributed by atoms with Crippen molar-refractivity contribution in [3.05, 3.63) is 107 Å². The molecule has 0 radical (unpaired) electrons. The zero-order valence-electron chi connectivity index (χ0n) is 25.1. The molecule has 3 rings (SSSR count). The Bertz CT molecular complexity index is 1190. The molecule has 0 heterocycles. The first-order valence-corrected chi connectivity index (χ1v) is 13.9. The predicted octanol–water partition coefficient (Wildman–Crippen LogP) is 9.34. The number of carbonyl (C=O) groups is 3. The second-order valence-corrected chi connectivity index (χ2v) is 11.0. The molecule has 2 unspecified atom stereocenters. The highest BCUT2D eigenvalue weighted by molar-refractivity contribution is 5.95. The maximum Gasteiger partial charge on any atom is 0.389 e. The second-order valence-electron chi connectivity index (χ2n) is 11.0. The molecule has 1 saturated carbocycles. The van der Waals surface area contributed by atoms with Crippen molar-refractivity contribution in [3.63, 3.8) is 0 Å². The minimum absolute atomic E-state index is 0.217. The van der Waals surface area contributed by atoms with Gasteiger partial charge < -0.3 is 0 Å². The van der Waals surface area contributed by atoms with Gasteiger partial charge in [-0.1, -0.05) is 77.4 Å². The Kier molecular flexibility index (Phi) is 15.6. The van der Waals surface area contributed by atoms with Crippen LogP contribution in [-0.2, 0) is 20.8 Å². The normalized spacial score (nSPS) is 15.0. The molecule has 0 N–H and O–H groups in total. The van der Waals surface area contributed by atoms with Crippen LogP contribution in [0.25, 0.3) is 0 Å². The lowest BCUT2D eigenvalue weighted by atomic mass is 10.1. The van der Waals surface area contributed by atoms with E-state index < -0.39 is 24.8 Å². The largest absolute Gasteiger partial charge is 0.389 e. The minimum atomic E-state index is -4.23. The number of hydrogen-bond acceptors (Lipinski definition) is 3. The third kappa shape index (κ3) is 17.7. The Labute approximate surface area is 243 Å². The van der Waals surface area contributed by atoms with Crippen LogP contribution in [0, 0.1) is 5.92 Å². The summed E-state index contributed by atoms with van der Waals surface area (Å²) in [5.41, 5.74) is 5.42. The smallest absolute Gasteiger partial charge is 0.295 e. The number of allylic oxidation sites excluding steroid dienone is 6. The van der Waals surface area contributed by atoms with E-state index in [2.05, 4.69) is 24.3 Å². The first kappa shape index (κ1) is 35.5. The van der Waals surface area contributed by atoms with Crippen molar-refractivity contribution in [2.24, 2.45) is 5.92 Å². The number of halogens is 3. The van der Waals surface area contributed by atoms with Gasteiger partial charge in [0.2, 0.25) is 0 Å². The Morgan fingerprint density at radius 3 is 1.63 bits per heavy atom. The summed E-state index contributed by atoms with van der Waals surface area (Å²) in [4.78, 5) is 33.8. The van der Waals surface area contributed by atoms with Crippen molar-refractivity contribution >= 4 is 17.3 Å². The van der Waals surface area contributed by atoms with Crippen LogP contribution in [0.15, 0.2) is 95.6 Å². The lowest BCUT2D eigenvalue weighted by Crippen LogP contribution is -2.09. The van der Waals surface area contributed by atoms with Crippen molar-refractivity contribution in [2.45, 2.75) is 85.7 Å². The fourth-order valence-electron chi connectivity index (χ4n) is 3.94.